The minimum Gasteiger partial charge on any atom is -0.496 e. The quantitative estimate of drug-likeness (QED) is 0.910. The van der Waals surface area contributed by atoms with E-state index in [4.69, 9.17) is 4.74 Å². The molecule has 1 N–H and O–H groups in total. The lowest BCUT2D eigenvalue weighted by atomic mass is 10.0. The zero-order valence-corrected chi connectivity index (χ0v) is 12.4. The van der Waals surface area contributed by atoms with E-state index in [-0.39, 0.29) is 17.9 Å². The zero-order chi connectivity index (χ0) is 14.8. The van der Waals surface area contributed by atoms with E-state index >= 15 is 0 Å². The molecule has 0 aliphatic heterocycles. The number of halogens is 1. The van der Waals surface area contributed by atoms with Crippen molar-refractivity contribution in [2.45, 2.75) is 31.8 Å². The molecule has 3 rings (SSSR count). The Morgan fingerprint density at radius 3 is 2.81 bits per heavy atom. The predicted molar refractivity (Wildman–Crippen MR) is 82.0 cm³/mol. The van der Waals surface area contributed by atoms with Gasteiger partial charge in [0.1, 0.15) is 11.6 Å². The van der Waals surface area contributed by atoms with Crippen LogP contribution in [0.4, 0.5) is 4.39 Å². The molecular weight excluding hydrogens is 265 g/mol. The summed E-state index contributed by atoms with van der Waals surface area (Å²) in [5, 5.41) is 3.55. The zero-order valence-electron chi connectivity index (χ0n) is 12.4. The Hall–Kier alpha value is -1.87. The maximum absolute atomic E-state index is 14.1. The number of hydrogen-bond donors (Lipinski definition) is 1. The highest BCUT2D eigenvalue weighted by Gasteiger charge is 2.25. The fraction of sp³-hybridized carbons (Fsp3) is 0.333. The van der Waals surface area contributed by atoms with Gasteiger partial charge < -0.3 is 10.1 Å². The smallest absolute Gasteiger partial charge is 0.131 e. The molecular formula is C18H20FNO. The van der Waals surface area contributed by atoms with Gasteiger partial charge in [-0.25, -0.2) is 4.39 Å². The first-order valence-electron chi connectivity index (χ1n) is 7.37. The Balaban J connectivity index is 1.84. The molecule has 0 aromatic heterocycles. The largest absolute Gasteiger partial charge is 0.496 e. The minimum absolute atomic E-state index is 0.0997. The van der Waals surface area contributed by atoms with Gasteiger partial charge in [0.15, 0.2) is 0 Å². The fourth-order valence-electron chi connectivity index (χ4n) is 3.23. The molecule has 2 atom stereocenters. The molecule has 0 radical (unpaired) electrons. The van der Waals surface area contributed by atoms with Crippen LogP contribution in [0.5, 0.6) is 5.75 Å². The molecule has 2 aromatic rings. The monoisotopic (exact) mass is 285 g/mol. The normalized spacial score (nSPS) is 18.3. The van der Waals surface area contributed by atoms with Gasteiger partial charge in [-0.15, -0.1) is 0 Å². The molecule has 0 amide bonds. The van der Waals surface area contributed by atoms with Crippen molar-refractivity contribution < 1.29 is 9.13 Å². The topological polar surface area (TPSA) is 21.3 Å². The number of hydrogen-bond acceptors (Lipinski definition) is 2. The molecule has 1 aliphatic carbocycles. The van der Waals surface area contributed by atoms with Gasteiger partial charge in [0.25, 0.3) is 0 Å². The summed E-state index contributed by atoms with van der Waals surface area (Å²) in [7, 11) is 1.58. The maximum Gasteiger partial charge on any atom is 0.131 e. The van der Waals surface area contributed by atoms with Crippen LogP contribution in [0.2, 0.25) is 0 Å². The van der Waals surface area contributed by atoms with E-state index in [1.807, 2.05) is 6.92 Å². The first kappa shape index (κ1) is 14.1. The summed E-state index contributed by atoms with van der Waals surface area (Å²) in [5.74, 6) is 0.377. The summed E-state index contributed by atoms with van der Waals surface area (Å²) in [6.07, 6.45) is 2.13. The first-order valence-corrected chi connectivity index (χ1v) is 7.37. The Labute approximate surface area is 125 Å². The highest BCUT2D eigenvalue weighted by molar-refractivity contribution is 5.38. The molecule has 2 unspecified atom stereocenters. The standard InChI is InChI=1S/C18H20FNO/c1-12(18-15(19)8-5-9-17(18)21-2)20-16-11-10-13-6-3-4-7-14(13)16/h3-9,12,16,20H,10-11H2,1-2H3. The lowest BCUT2D eigenvalue weighted by molar-refractivity contribution is 0.383. The average molecular weight is 285 g/mol. The maximum atomic E-state index is 14.1. The van der Waals surface area contributed by atoms with E-state index in [9.17, 15) is 4.39 Å². The lowest BCUT2D eigenvalue weighted by Crippen LogP contribution is -2.24. The van der Waals surface area contributed by atoms with Crippen LogP contribution >= 0.6 is 0 Å². The molecule has 0 fully saturated rings. The number of methoxy groups -OCH3 is 1. The van der Waals surface area contributed by atoms with Crippen molar-refractivity contribution in [3.8, 4) is 5.75 Å². The summed E-state index contributed by atoms with van der Waals surface area (Å²) in [5.41, 5.74) is 3.33. The molecule has 0 bridgehead atoms. The van der Waals surface area contributed by atoms with Crippen molar-refractivity contribution in [3.63, 3.8) is 0 Å². The third-order valence-corrected chi connectivity index (χ3v) is 4.25. The van der Waals surface area contributed by atoms with E-state index in [1.54, 1.807) is 19.2 Å². The third-order valence-electron chi connectivity index (χ3n) is 4.25. The molecule has 2 nitrogen and oxygen atoms in total. The minimum atomic E-state index is -0.222. The van der Waals surface area contributed by atoms with Crippen LogP contribution in [-0.2, 0) is 6.42 Å². The van der Waals surface area contributed by atoms with Gasteiger partial charge in [-0.2, -0.15) is 0 Å². The summed E-state index contributed by atoms with van der Waals surface area (Å²) in [6.45, 7) is 1.99. The fourth-order valence-corrected chi connectivity index (χ4v) is 3.23. The van der Waals surface area contributed by atoms with Gasteiger partial charge in [0.05, 0.1) is 7.11 Å². The van der Waals surface area contributed by atoms with Crippen molar-refractivity contribution in [2.24, 2.45) is 0 Å². The molecule has 0 saturated heterocycles. The highest BCUT2D eigenvalue weighted by atomic mass is 19.1. The van der Waals surface area contributed by atoms with Gasteiger partial charge in [-0.1, -0.05) is 30.3 Å². The van der Waals surface area contributed by atoms with Crippen molar-refractivity contribution in [3.05, 3.63) is 65.0 Å². The summed E-state index contributed by atoms with van der Waals surface area (Å²) in [6, 6.07) is 13.6. The predicted octanol–water partition coefficient (Wildman–Crippen LogP) is 4.17. The van der Waals surface area contributed by atoms with Crippen LogP contribution in [0.25, 0.3) is 0 Å². The number of benzene rings is 2. The van der Waals surface area contributed by atoms with E-state index in [0.717, 1.165) is 12.8 Å². The molecule has 3 heteroatoms. The number of ether oxygens (including phenoxy) is 1. The van der Waals surface area contributed by atoms with Gasteiger partial charge in [-0.05, 0) is 43.0 Å². The van der Waals surface area contributed by atoms with Gasteiger partial charge in [-0.3, -0.25) is 0 Å². The Kier molecular flexibility index (Phi) is 3.93. The Bertz CT molecular complexity index is 641. The number of rotatable bonds is 4. The molecule has 110 valence electrons. The van der Waals surface area contributed by atoms with Crippen LogP contribution in [0, 0.1) is 5.82 Å². The molecule has 21 heavy (non-hydrogen) atoms. The average Bonchev–Trinajstić information content (AvgIpc) is 2.90. The van der Waals surface area contributed by atoms with Crippen LogP contribution in [-0.4, -0.2) is 7.11 Å². The van der Waals surface area contributed by atoms with Crippen LogP contribution in [0.15, 0.2) is 42.5 Å². The second-order valence-corrected chi connectivity index (χ2v) is 5.53. The van der Waals surface area contributed by atoms with E-state index in [1.165, 1.54) is 17.2 Å². The SMILES string of the molecule is COc1cccc(F)c1C(C)NC1CCc2ccccc21. The van der Waals surface area contributed by atoms with Crippen LogP contribution in [0.3, 0.4) is 0 Å². The third kappa shape index (κ3) is 2.66. The molecule has 0 heterocycles. The van der Waals surface area contributed by atoms with Gasteiger partial charge in [0.2, 0.25) is 0 Å². The Morgan fingerprint density at radius 2 is 2.00 bits per heavy atom. The van der Waals surface area contributed by atoms with E-state index in [2.05, 4.69) is 29.6 Å². The highest BCUT2D eigenvalue weighted by Crippen LogP contribution is 2.35. The van der Waals surface area contributed by atoms with Crippen LogP contribution < -0.4 is 10.1 Å². The summed E-state index contributed by atoms with van der Waals surface area (Å²) >= 11 is 0. The number of aryl methyl sites for hydroxylation is 1. The first-order chi connectivity index (χ1) is 10.2. The lowest BCUT2D eigenvalue weighted by Gasteiger charge is -2.22. The molecule has 0 saturated carbocycles. The van der Waals surface area contributed by atoms with E-state index < -0.39 is 0 Å². The molecule has 2 aromatic carbocycles. The Morgan fingerprint density at radius 1 is 1.19 bits per heavy atom. The van der Waals surface area contributed by atoms with Gasteiger partial charge in [0, 0.05) is 17.6 Å². The van der Waals surface area contributed by atoms with Crippen molar-refractivity contribution >= 4 is 0 Å². The molecule has 0 spiro atoms. The summed E-state index contributed by atoms with van der Waals surface area (Å²) < 4.78 is 19.4. The van der Waals surface area contributed by atoms with Gasteiger partial charge >= 0.3 is 0 Å². The van der Waals surface area contributed by atoms with Crippen molar-refractivity contribution in [2.75, 3.05) is 7.11 Å². The van der Waals surface area contributed by atoms with Crippen LogP contribution in [0.1, 0.15) is 42.1 Å². The van der Waals surface area contributed by atoms with E-state index in [0.29, 0.717) is 11.3 Å². The summed E-state index contributed by atoms with van der Waals surface area (Å²) in [4.78, 5) is 0. The second-order valence-electron chi connectivity index (χ2n) is 5.53. The number of fused-ring (bicyclic) bond motifs is 1. The number of nitrogens with one attached hydrogen (secondary N) is 1. The van der Waals surface area contributed by atoms with Crippen molar-refractivity contribution in [1.29, 1.82) is 0 Å². The second kappa shape index (κ2) is 5.86. The molecule has 1 aliphatic rings. The van der Waals surface area contributed by atoms with Crippen molar-refractivity contribution in [1.82, 2.24) is 5.32 Å².